The van der Waals surface area contributed by atoms with Gasteiger partial charge in [0.25, 0.3) is 11.8 Å². The zero-order valence-electron chi connectivity index (χ0n) is 27.5. The number of benzene rings is 3. The van der Waals surface area contributed by atoms with Gasteiger partial charge >= 0.3 is 0 Å². The standard InChI is InChI=1S/C36H45N5O5/c1-25(26-11-7-6-8-12-26)39-19-21-40(22-20-39)30-14-9-13-28-34(30)36(44)41(35(28)43)29(15-10-18-37-33(42)24-38(2)3)27-16-17-31(45-4)32(23-27)46-5/h6-9,11-14,16-17,23,25,29H,10,15,18-22,24H2,1-5H3,(H,37,42)/t25-,29?/m1/s1. The predicted octanol–water partition coefficient (Wildman–Crippen LogP) is 4.38. The summed E-state index contributed by atoms with van der Waals surface area (Å²) in [4.78, 5) is 48.5. The molecule has 244 valence electrons. The maximum absolute atomic E-state index is 14.3. The molecule has 3 aromatic carbocycles. The molecule has 2 aliphatic heterocycles. The van der Waals surface area contributed by atoms with Crippen LogP contribution in [0.1, 0.15) is 63.7 Å². The highest BCUT2D eigenvalue weighted by molar-refractivity contribution is 6.24. The van der Waals surface area contributed by atoms with Gasteiger partial charge in [0.1, 0.15) is 0 Å². The molecule has 0 aliphatic carbocycles. The third kappa shape index (κ3) is 7.03. The summed E-state index contributed by atoms with van der Waals surface area (Å²) in [5.74, 6) is 0.397. The summed E-state index contributed by atoms with van der Waals surface area (Å²) >= 11 is 0. The summed E-state index contributed by atoms with van der Waals surface area (Å²) in [6, 6.07) is 21.3. The Balaban J connectivity index is 1.37. The Hall–Kier alpha value is -4.41. The van der Waals surface area contributed by atoms with E-state index in [1.807, 2.05) is 49.3 Å². The summed E-state index contributed by atoms with van der Waals surface area (Å²) in [7, 11) is 6.81. The van der Waals surface area contributed by atoms with Gasteiger partial charge < -0.3 is 24.6 Å². The number of hydrogen-bond donors (Lipinski definition) is 1. The average molecular weight is 628 g/mol. The van der Waals surface area contributed by atoms with Gasteiger partial charge in [0.05, 0.1) is 43.6 Å². The third-order valence-electron chi connectivity index (χ3n) is 8.95. The molecule has 1 unspecified atom stereocenters. The first-order valence-corrected chi connectivity index (χ1v) is 15.9. The van der Waals surface area contributed by atoms with E-state index in [0.717, 1.165) is 37.4 Å². The fourth-order valence-corrected chi connectivity index (χ4v) is 6.50. The zero-order chi connectivity index (χ0) is 32.8. The van der Waals surface area contributed by atoms with E-state index >= 15 is 0 Å². The third-order valence-corrected chi connectivity index (χ3v) is 8.95. The van der Waals surface area contributed by atoms with Gasteiger partial charge in [0, 0.05) is 38.8 Å². The number of amides is 3. The van der Waals surface area contributed by atoms with Gasteiger partial charge in [-0.2, -0.15) is 0 Å². The van der Waals surface area contributed by atoms with Crippen molar-refractivity contribution in [2.24, 2.45) is 0 Å². The molecule has 1 N–H and O–H groups in total. The number of nitrogens with zero attached hydrogens (tertiary/aromatic N) is 4. The van der Waals surface area contributed by atoms with Crippen LogP contribution in [0.15, 0.2) is 66.7 Å². The SMILES string of the molecule is COc1ccc(C(CCCNC(=O)CN(C)C)N2C(=O)c3cccc(N4CCN([C@H](C)c5ccccc5)CC4)c3C2=O)cc1OC. The lowest BCUT2D eigenvalue weighted by molar-refractivity contribution is -0.121. The number of methoxy groups -OCH3 is 2. The quantitative estimate of drug-likeness (QED) is 0.221. The van der Waals surface area contributed by atoms with Gasteiger partial charge in [-0.1, -0.05) is 42.5 Å². The van der Waals surface area contributed by atoms with E-state index in [1.165, 1.54) is 10.5 Å². The summed E-state index contributed by atoms with van der Waals surface area (Å²) in [5, 5.41) is 2.94. The van der Waals surface area contributed by atoms with E-state index in [-0.39, 0.29) is 17.7 Å². The molecule has 2 heterocycles. The van der Waals surface area contributed by atoms with Crippen LogP contribution in [0, 0.1) is 0 Å². The molecule has 0 bridgehead atoms. The molecular weight excluding hydrogens is 582 g/mol. The van der Waals surface area contributed by atoms with Gasteiger partial charge in [-0.05, 0) is 69.3 Å². The first-order chi connectivity index (χ1) is 22.2. The summed E-state index contributed by atoms with van der Waals surface area (Å²) in [6.45, 7) is 6.14. The van der Waals surface area contributed by atoms with Gasteiger partial charge in [-0.3, -0.25) is 24.2 Å². The maximum atomic E-state index is 14.3. The molecular formula is C36H45N5O5. The van der Waals surface area contributed by atoms with Crippen molar-refractivity contribution < 1.29 is 23.9 Å². The highest BCUT2D eigenvalue weighted by Gasteiger charge is 2.43. The normalized spacial score (nSPS) is 16.4. The predicted molar refractivity (Wildman–Crippen MR) is 179 cm³/mol. The minimum absolute atomic E-state index is 0.0729. The number of nitrogens with one attached hydrogen (secondary N) is 1. The smallest absolute Gasteiger partial charge is 0.264 e. The van der Waals surface area contributed by atoms with Crippen molar-refractivity contribution in [2.45, 2.75) is 31.8 Å². The second-order valence-corrected chi connectivity index (χ2v) is 12.1. The molecule has 0 aromatic heterocycles. The van der Waals surface area contributed by atoms with Gasteiger partial charge in [0.2, 0.25) is 5.91 Å². The van der Waals surface area contributed by atoms with E-state index in [4.69, 9.17) is 9.47 Å². The minimum atomic E-state index is -0.561. The van der Waals surface area contributed by atoms with E-state index in [1.54, 1.807) is 26.4 Å². The molecule has 3 aromatic rings. The molecule has 1 fully saturated rings. The molecule has 0 saturated carbocycles. The lowest BCUT2D eigenvalue weighted by Gasteiger charge is -2.39. The van der Waals surface area contributed by atoms with Crippen LogP contribution >= 0.6 is 0 Å². The molecule has 0 spiro atoms. The first kappa shape index (κ1) is 33.0. The number of fused-ring (bicyclic) bond motifs is 1. The molecule has 0 radical (unpaired) electrons. The Bertz CT molecular complexity index is 1540. The number of ether oxygens (including phenoxy) is 2. The number of carbonyl (C=O) groups excluding carboxylic acids is 3. The average Bonchev–Trinajstić information content (AvgIpc) is 3.33. The summed E-state index contributed by atoms with van der Waals surface area (Å²) in [6.07, 6.45) is 1.04. The molecule has 1 saturated heterocycles. The van der Waals surface area contributed by atoms with E-state index in [0.29, 0.717) is 54.6 Å². The lowest BCUT2D eigenvalue weighted by Crippen LogP contribution is -2.47. The topological polar surface area (TPSA) is 94.7 Å². The van der Waals surface area contributed by atoms with E-state index in [9.17, 15) is 14.4 Å². The fraction of sp³-hybridized carbons (Fsp3) is 0.417. The van der Waals surface area contributed by atoms with E-state index < -0.39 is 6.04 Å². The second kappa shape index (κ2) is 14.8. The maximum Gasteiger partial charge on any atom is 0.264 e. The van der Waals surface area contributed by atoms with Gasteiger partial charge in [-0.15, -0.1) is 0 Å². The number of hydrogen-bond acceptors (Lipinski definition) is 8. The Morgan fingerprint density at radius 2 is 1.59 bits per heavy atom. The number of rotatable bonds is 13. The van der Waals surface area contributed by atoms with Crippen molar-refractivity contribution in [3.63, 3.8) is 0 Å². The van der Waals surface area contributed by atoms with Crippen molar-refractivity contribution in [3.8, 4) is 11.5 Å². The summed E-state index contributed by atoms with van der Waals surface area (Å²) in [5.41, 5.74) is 3.73. The largest absolute Gasteiger partial charge is 0.493 e. The Morgan fingerprint density at radius 1 is 0.870 bits per heavy atom. The van der Waals surface area contributed by atoms with Crippen molar-refractivity contribution in [1.82, 2.24) is 20.0 Å². The minimum Gasteiger partial charge on any atom is -0.493 e. The molecule has 2 aliphatic rings. The first-order valence-electron chi connectivity index (χ1n) is 15.9. The highest BCUT2D eigenvalue weighted by Crippen LogP contribution is 2.40. The van der Waals surface area contributed by atoms with E-state index in [2.05, 4.69) is 46.3 Å². The van der Waals surface area contributed by atoms with Crippen molar-refractivity contribution >= 4 is 23.4 Å². The number of anilines is 1. The van der Waals surface area contributed by atoms with Crippen LogP contribution < -0.4 is 19.7 Å². The lowest BCUT2D eigenvalue weighted by atomic mass is 9.99. The van der Waals surface area contributed by atoms with Crippen molar-refractivity contribution in [1.29, 1.82) is 0 Å². The van der Waals surface area contributed by atoms with Gasteiger partial charge in [0.15, 0.2) is 11.5 Å². The molecule has 10 heteroatoms. The second-order valence-electron chi connectivity index (χ2n) is 12.1. The van der Waals surface area contributed by atoms with Crippen LogP contribution in [0.25, 0.3) is 0 Å². The number of carbonyl (C=O) groups is 3. The highest BCUT2D eigenvalue weighted by atomic mass is 16.5. The Labute approximate surface area is 271 Å². The number of piperazine rings is 1. The van der Waals surface area contributed by atoms with Crippen LogP contribution in [0.5, 0.6) is 11.5 Å². The van der Waals surface area contributed by atoms with Crippen molar-refractivity contribution in [3.05, 3.63) is 89.0 Å². The summed E-state index contributed by atoms with van der Waals surface area (Å²) < 4.78 is 11.0. The van der Waals surface area contributed by atoms with Crippen LogP contribution in [-0.2, 0) is 4.79 Å². The van der Waals surface area contributed by atoms with Gasteiger partial charge in [-0.25, -0.2) is 0 Å². The Morgan fingerprint density at radius 3 is 2.26 bits per heavy atom. The van der Waals surface area contributed by atoms with Crippen LogP contribution in [0.2, 0.25) is 0 Å². The molecule has 46 heavy (non-hydrogen) atoms. The fourth-order valence-electron chi connectivity index (χ4n) is 6.50. The zero-order valence-corrected chi connectivity index (χ0v) is 27.5. The van der Waals surface area contributed by atoms with Crippen molar-refractivity contribution in [2.75, 3.05) is 72.5 Å². The number of imide groups is 1. The molecule has 10 nitrogen and oxygen atoms in total. The van der Waals surface area contributed by atoms with Crippen LogP contribution in [0.4, 0.5) is 5.69 Å². The molecule has 2 atom stereocenters. The molecule has 5 rings (SSSR count). The van der Waals surface area contributed by atoms with Crippen LogP contribution in [-0.4, -0.2) is 100 Å². The monoisotopic (exact) mass is 627 g/mol. The Kier molecular flexibility index (Phi) is 10.6. The number of likely N-dealkylation sites (N-methyl/N-ethyl adjacent to an activating group) is 1. The van der Waals surface area contributed by atoms with Crippen LogP contribution in [0.3, 0.4) is 0 Å². The molecule has 3 amide bonds.